The van der Waals surface area contributed by atoms with Crippen molar-refractivity contribution in [3.8, 4) is 11.1 Å². The summed E-state index contributed by atoms with van der Waals surface area (Å²) in [6.45, 7) is 5.20. The molecule has 3 aromatic rings. The van der Waals surface area contributed by atoms with Crippen LogP contribution in [0.1, 0.15) is 52.8 Å². The van der Waals surface area contributed by atoms with Gasteiger partial charge in [-0.1, -0.05) is 42.5 Å². The molecule has 1 aliphatic carbocycles. The van der Waals surface area contributed by atoms with Crippen molar-refractivity contribution in [3.63, 3.8) is 0 Å². The van der Waals surface area contributed by atoms with Crippen LogP contribution in [0.5, 0.6) is 0 Å². The summed E-state index contributed by atoms with van der Waals surface area (Å²) in [6.07, 6.45) is 3.46. The number of nitrogens with one attached hydrogen (secondary N) is 1. The Morgan fingerprint density at radius 2 is 1.88 bits per heavy atom. The van der Waals surface area contributed by atoms with Crippen molar-refractivity contribution in [1.82, 2.24) is 14.9 Å². The van der Waals surface area contributed by atoms with Crippen LogP contribution in [0.25, 0.3) is 11.1 Å². The maximum absolute atomic E-state index is 11.9. The second-order valence-corrected chi connectivity index (χ2v) is 8.80. The van der Waals surface area contributed by atoms with E-state index in [1.165, 1.54) is 5.56 Å². The molecule has 6 nitrogen and oxygen atoms in total. The van der Waals surface area contributed by atoms with Crippen molar-refractivity contribution in [3.05, 3.63) is 76.7 Å². The number of Topliss-reactive ketones (excluding diaryl/α,β-unsaturated/α-hetero) is 1. The molecule has 0 fully saturated rings. The average molecular weight is 444 g/mol. The lowest BCUT2D eigenvalue weighted by Crippen LogP contribution is -2.24. The lowest BCUT2D eigenvalue weighted by molar-refractivity contribution is 0.101. The molecule has 3 N–H and O–H groups in total. The van der Waals surface area contributed by atoms with Gasteiger partial charge in [-0.2, -0.15) is 0 Å². The van der Waals surface area contributed by atoms with E-state index in [0.717, 1.165) is 85.0 Å². The van der Waals surface area contributed by atoms with E-state index in [1.807, 2.05) is 36.4 Å². The molecule has 172 valence electrons. The summed E-state index contributed by atoms with van der Waals surface area (Å²) in [4.78, 5) is 24.1. The van der Waals surface area contributed by atoms with Gasteiger partial charge in [-0.25, -0.2) is 9.97 Å². The van der Waals surface area contributed by atoms with E-state index in [4.69, 9.17) is 15.7 Å². The number of rotatable bonds is 11. The molecule has 2 aromatic carbocycles. The van der Waals surface area contributed by atoms with Crippen molar-refractivity contribution in [2.45, 2.75) is 32.6 Å². The van der Waals surface area contributed by atoms with Gasteiger partial charge in [-0.15, -0.1) is 0 Å². The van der Waals surface area contributed by atoms with Crippen molar-refractivity contribution >= 4 is 11.6 Å². The molecule has 1 heterocycles. The second kappa shape index (κ2) is 10.7. The quantitative estimate of drug-likeness (QED) is 0.270. The Kier molecular flexibility index (Phi) is 7.47. The molecule has 0 saturated heterocycles. The average Bonchev–Trinajstić information content (AvgIpc) is 3.18. The van der Waals surface area contributed by atoms with Crippen molar-refractivity contribution in [2.75, 3.05) is 38.5 Å². The molecule has 0 radical (unpaired) electrons. The predicted octanol–water partition coefficient (Wildman–Crippen LogP) is 3.92. The normalized spacial score (nSPS) is 12.0. The van der Waals surface area contributed by atoms with Crippen LogP contribution >= 0.6 is 0 Å². The van der Waals surface area contributed by atoms with E-state index >= 15 is 0 Å². The monoisotopic (exact) mass is 443 g/mol. The highest BCUT2D eigenvalue weighted by atomic mass is 16.1. The molecule has 0 atom stereocenters. The first-order valence-corrected chi connectivity index (χ1v) is 11.8. The first-order valence-electron chi connectivity index (χ1n) is 11.8. The first kappa shape index (κ1) is 23.1. The summed E-state index contributed by atoms with van der Waals surface area (Å²) < 4.78 is 0. The molecule has 1 aromatic heterocycles. The number of anilines is 1. The van der Waals surface area contributed by atoms with Crippen molar-refractivity contribution in [2.24, 2.45) is 5.73 Å². The van der Waals surface area contributed by atoms with Crippen LogP contribution in [0.2, 0.25) is 0 Å². The lowest BCUT2D eigenvalue weighted by Gasteiger charge is -2.17. The highest BCUT2D eigenvalue weighted by molar-refractivity contribution is 5.96. The van der Waals surface area contributed by atoms with E-state index in [0.29, 0.717) is 6.42 Å². The zero-order valence-electron chi connectivity index (χ0n) is 19.6. The maximum atomic E-state index is 11.9. The van der Waals surface area contributed by atoms with E-state index in [9.17, 15) is 4.79 Å². The highest BCUT2D eigenvalue weighted by Gasteiger charge is 2.25. The minimum absolute atomic E-state index is 0.0849. The van der Waals surface area contributed by atoms with Crippen molar-refractivity contribution < 1.29 is 4.79 Å². The summed E-state index contributed by atoms with van der Waals surface area (Å²) >= 11 is 0. The Bertz CT molecular complexity index is 1110. The third-order valence-electron chi connectivity index (χ3n) is 6.13. The number of benzene rings is 2. The maximum Gasteiger partial charge on any atom is 0.159 e. The first-order chi connectivity index (χ1) is 16.0. The van der Waals surface area contributed by atoms with Crippen molar-refractivity contribution in [1.29, 1.82) is 0 Å². The number of carbonyl (C=O) groups excluding carboxylic acids is 1. The van der Waals surface area contributed by atoms with Gasteiger partial charge in [0.2, 0.25) is 0 Å². The second-order valence-electron chi connectivity index (χ2n) is 8.80. The number of aromatic nitrogens is 2. The zero-order chi connectivity index (χ0) is 23.2. The molecule has 33 heavy (non-hydrogen) atoms. The number of fused-ring (bicyclic) bond motifs is 3. The standard InChI is InChI=1S/C27H33N5O/c1-19(33)21-10-11-23-22(17-21)18-24-26(23)27(29-13-7-15-32(2)14-6-12-28)31-25(30-24)16-20-8-4-3-5-9-20/h3-5,8-11,17H,6-7,12-16,18,28H2,1-2H3,(H,29,30,31). The highest BCUT2D eigenvalue weighted by Crippen LogP contribution is 2.40. The Hall–Kier alpha value is -3.09. The van der Waals surface area contributed by atoms with Crippen LogP contribution in [0.4, 0.5) is 5.82 Å². The molecule has 1 aliphatic rings. The van der Waals surface area contributed by atoms with E-state index in [-0.39, 0.29) is 5.78 Å². The zero-order valence-corrected chi connectivity index (χ0v) is 19.6. The van der Waals surface area contributed by atoms with Crippen LogP contribution in [0.15, 0.2) is 48.5 Å². The van der Waals surface area contributed by atoms with Crippen LogP contribution in [0.3, 0.4) is 0 Å². The fourth-order valence-corrected chi connectivity index (χ4v) is 4.37. The molecule has 0 saturated carbocycles. The van der Waals surface area contributed by atoms with Crippen LogP contribution < -0.4 is 11.1 Å². The fourth-order valence-electron chi connectivity index (χ4n) is 4.37. The molecular formula is C27H33N5O. The third kappa shape index (κ3) is 5.64. The van der Waals surface area contributed by atoms with Crippen LogP contribution in [0, 0.1) is 0 Å². The van der Waals surface area contributed by atoms with Gasteiger partial charge in [0, 0.05) is 30.5 Å². The number of hydrogen-bond donors (Lipinski definition) is 2. The van der Waals surface area contributed by atoms with E-state index < -0.39 is 0 Å². The SMILES string of the molecule is CC(=O)c1ccc2c(c1)Cc1nc(Cc3ccccc3)nc(NCCCN(C)CCCN)c1-2. The Labute approximate surface area is 196 Å². The van der Waals surface area contributed by atoms with Gasteiger partial charge >= 0.3 is 0 Å². The topological polar surface area (TPSA) is 84.1 Å². The van der Waals surface area contributed by atoms with E-state index in [1.54, 1.807) is 6.92 Å². The van der Waals surface area contributed by atoms with Gasteiger partial charge in [0.25, 0.3) is 0 Å². The minimum Gasteiger partial charge on any atom is -0.369 e. The summed E-state index contributed by atoms with van der Waals surface area (Å²) in [5.41, 5.74) is 11.9. The lowest BCUT2D eigenvalue weighted by atomic mass is 10.0. The third-order valence-corrected chi connectivity index (χ3v) is 6.13. The molecule has 0 unspecified atom stereocenters. The summed E-state index contributed by atoms with van der Waals surface area (Å²) in [7, 11) is 2.14. The number of nitrogens with zero attached hydrogens (tertiary/aromatic N) is 3. The van der Waals surface area contributed by atoms with Gasteiger partial charge in [0.05, 0.1) is 5.69 Å². The summed E-state index contributed by atoms with van der Waals surface area (Å²) in [5, 5.41) is 3.59. The predicted molar refractivity (Wildman–Crippen MR) is 134 cm³/mol. The molecule has 0 amide bonds. The molecular weight excluding hydrogens is 410 g/mol. The van der Waals surface area contributed by atoms with Gasteiger partial charge in [-0.05, 0) is 69.2 Å². The largest absolute Gasteiger partial charge is 0.369 e. The summed E-state index contributed by atoms with van der Waals surface area (Å²) in [6, 6.07) is 16.3. The number of nitrogens with two attached hydrogens (primary N) is 1. The molecule has 0 aliphatic heterocycles. The Morgan fingerprint density at radius 3 is 2.64 bits per heavy atom. The van der Waals surface area contributed by atoms with Gasteiger partial charge in [-0.3, -0.25) is 4.79 Å². The van der Waals surface area contributed by atoms with Crippen LogP contribution in [-0.2, 0) is 12.8 Å². The molecule has 6 heteroatoms. The van der Waals surface area contributed by atoms with Gasteiger partial charge in [0.1, 0.15) is 11.6 Å². The number of hydrogen-bond acceptors (Lipinski definition) is 6. The van der Waals surface area contributed by atoms with E-state index in [2.05, 4.69) is 29.4 Å². The minimum atomic E-state index is 0.0849. The Morgan fingerprint density at radius 1 is 1.09 bits per heavy atom. The van der Waals surface area contributed by atoms with Gasteiger partial charge < -0.3 is 16.0 Å². The smallest absolute Gasteiger partial charge is 0.159 e. The summed E-state index contributed by atoms with van der Waals surface area (Å²) in [5.74, 6) is 1.80. The Balaban J connectivity index is 1.57. The fraction of sp³-hybridized carbons (Fsp3) is 0.370. The number of ketones is 1. The van der Waals surface area contributed by atoms with Gasteiger partial charge in [0.15, 0.2) is 5.78 Å². The van der Waals surface area contributed by atoms with Crippen LogP contribution in [-0.4, -0.2) is 53.9 Å². The molecule has 0 spiro atoms. The molecule has 4 rings (SSSR count). The number of carbonyl (C=O) groups is 1. The molecule has 0 bridgehead atoms.